The van der Waals surface area contributed by atoms with Crippen molar-refractivity contribution in [3.63, 3.8) is 0 Å². The average molecular weight is 352 g/mol. The number of para-hydroxylation sites is 1. The van der Waals surface area contributed by atoms with Gasteiger partial charge in [0.2, 0.25) is 0 Å². The highest BCUT2D eigenvalue weighted by Crippen LogP contribution is 2.39. The molecule has 1 amide bonds. The standard InChI is InChI=1S/C20H18ClN3O/c1-13-7-10-17(16(21)11-13)22-20(25)19-12-18(14-8-9-14)23-24(19)15-5-3-2-4-6-15/h2-7,10-12,14H,8-9H2,1H3,(H,22,25). The van der Waals surface area contributed by atoms with E-state index in [0.717, 1.165) is 29.8 Å². The van der Waals surface area contributed by atoms with Gasteiger partial charge in [-0.05, 0) is 55.7 Å². The molecule has 5 heteroatoms. The lowest BCUT2D eigenvalue weighted by Crippen LogP contribution is -2.17. The molecule has 1 heterocycles. The molecule has 0 saturated heterocycles. The van der Waals surface area contributed by atoms with E-state index >= 15 is 0 Å². The van der Waals surface area contributed by atoms with Crippen molar-refractivity contribution in [3.8, 4) is 5.69 Å². The highest BCUT2D eigenvalue weighted by molar-refractivity contribution is 6.34. The maximum absolute atomic E-state index is 12.9. The third-order valence-electron chi connectivity index (χ3n) is 4.33. The lowest BCUT2D eigenvalue weighted by atomic mass is 10.2. The molecule has 1 aromatic heterocycles. The second-order valence-electron chi connectivity index (χ2n) is 6.41. The maximum Gasteiger partial charge on any atom is 0.274 e. The first kappa shape index (κ1) is 15.9. The monoisotopic (exact) mass is 351 g/mol. The Morgan fingerprint density at radius 2 is 1.92 bits per heavy atom. The Morgan fingerprint density at radius 3 is 2.60 bits per heavy atom. The molecule has 2 aromatic carbocycles. The number of nitrogens with one attached hydrogen (secondary N) is 1. The molecule has 0 unspecified atom stereocenters. The van der Waals surface area contributed by atoms with Gasteiger partial charge in [0.15, 0.2) is 0 Å². The molecule has 0 atom stereocenters. The number of carbonyl (C=O) groups is 1. The Labute approximate surface area is 151 Å². The summed E-state index contributed by atoms with van der Waals surface area (Å²) in [6.07, 6.45) is 2.27. The fraction of sp³-hybridized carbons (Fsp3) is 0.200. The van der Waals surface area contributed by atoms with Gasteiger partial charge in [0, 0.05) is 5.92 Å². The van der Waals surface area contributed by atoms with Crippen LogP contribution in [0, 0.1) is 6.92 Å². The lowest BCUT2D eigenvalue weighted by Gasteiger charge is -2.10. The first-order chi connectivity index (χ1) is 12.1. The number of aromatic nitrogens is 2. The number of halogens is 1. The van der Waals surface area contributed by atoms with Gasteiger partial charge in [0.05, 0.1) is 22.1 Å². The molecule has 4 rings (SSSR count). The van der Waals surface area contributed by atoms with Crippen molar-refractivity contribution in [1.82, 2.24) is 9.78 Å². The van der Waals surface area contributed by atoms with E-state index in [2.05, 4.69) is 10.4 Å². The fourth-order valence-electron chi connectivity index (χ4n) is 2.81. The summed E-state index contributed by atoms with van der Waals surface area (Å²) in [6.45, 7) is 1.96. The van der Waals surface area contributed by atoms with Gasteiger partial charge in [-0.2, -0.15) is 5.10 Å². The molecular weight excluding hydrogens is 334 g/mol. The van der Waals surface area contributed by atoms with E-state index in [-0.39, 0.29) is 5.91 Å². The zero-order valence-corrected chi connectivity index (χ0v) is 14.6. The Morgan fingerprint density at radius 1 is 1.16 bits per heavy atom. The molecule has 25 heavy (non-hydrogen) atoms. The van der Waals surface area contributed by atoms with Crippen LogP contribution >= 0.6 is 11.6 Å². The summed E-state index contributed by atoms with van der Waals surface area (Å²) >= 11 is 6.25. The molecule has 0 spiro atoms. The number of rotatable bonds is 4. The Bertz CT molecular complexity index is 929. The molecule has 3 aromatic rings. The number of carbonyl (C=O) groups excluding carboxylic acids is 1. The number of hydrogen-bond acceptors (Lipinski definition) is 2. The van der Waals surface area contributed by atoms with Crippen LogP contribution < -0.4 is 5.32 Å². The number of nitrogens with zero attached hydrogens (tertiary/aromatic N) is 2. The fourth-order valence-corrected chi connectivity index (χ4v) is 3.10. The number of benzene rings is 2. The van der Waals surface area contributed by atoms with E-state index in [1.807, 2.05) is 61.5 Å². The van der Waals surface area contributed by atoms with Gasteiger partial charge in [0.25, 0.3) is 5.91 Å². The van der Waals surface area contributed by atoms with Gasteiger partial charge < -0.3 is 5.32 Å². The van der Waals surface area contributed by atoms with Crippen LogP contribution in [0.15, 0.2) is 54.6 Å². The van der Waals surface area contributed by atoms with Crippen LogP contribution in [0.25, 0.3) is 5.69 Å². The van der Waals surface area contributed by atoms with Crippen LogP contribution in [0.4, 0.5) is 5.69 Å². The number of amides is 1. The molecule has 1 aliphatic rings. The predicted octanol–water partition coefficient (Wildman–Crippen LogP) is 4.96. The van der Waals surface area contributed by atoms with Crippen molar-refractivity contribution in [2.45, 2.75) is 25.7 Å². The Hall–Kier alpha value is -2.59. The minimum Gasteiger partial charge on any atom is -0.319 e. The highest BCUT2D eigenvalue weighted by Gasteiger charge is 2.29. The molecule has 1 fully saturated rings. The zero-order valence-electron chi connectivity index (χ0n) is 13.9. The SMILES string of the molecule is Cc1ccc(NC(=O)c2cc(C3CC3)nn2-c2ccccc2)c(Cl)c1. The summed E-state index contributed by atoms with van der Waals surface area (Å²) in [6, 6.07) is 17.2. The average Bonchev–Trinajstić information content (AvgIpc) is 3.36. The van der Waals surface area contributed by atoms with Crippen molar-refractivity contribution in [1.29, 1.82) is 0 Å². The van der Waals surface area contributed by atoms with E-state index in [9.17, 15) is 4.79 Å². The molecule has 4 nitrogen and oxygen atoms in total. The third kappa shape index (κ3) is 3.30. The molecule has 126 valence electrons. The van der Waals surface area contributed by atoms with Crippen LogP contribution in [0.1, 0.15) is 40.5 Å². The van der Waals surface area contributed by atoms with Gasteiger partial charge in [0.1, 0.15) is 5.69 Å². The van der Waals surface area contributed by atoms with Crippen molar-refractivity contribution in [3.05, 3.63) is 76.6 Å². The summed E-state index contributed by atoms with van der Waals surface area (Å²) in [5.41, 5.74) is 4.02. The second kappa shape index (κ2) is 6.37. The van der Waals surface area contributed by atoms with Gasteiger partial charge >= 0.3 is 0 Å². The van der Waals surface area contributed by atoms with Crippen molar-refractivity contribution >= 4 is 23.2 Å². The first-order valence-electron chi connectivity index (χ1n) is 8.35. The topological polar surface area (TPSA) is 46.9 Å². The molecular formula is C20H18ClN3O. The lowest BCUT2D eigenvalue weighted by molar-refractivity contribution is 0.101. The third-order valence-corrected chi connectivity index (χ3v) is 4.64. The normalized spacial score (nSPS) is 13.7. The van der Waals surface area contributed by atoms with Gasteiger partial charge in [-0.1, -0.05) is 35.9 Å². The minimum atomic E-state index is -0.214. The molecule has 0 aliphatic heterocycles. The summed E-state index contributed by atoms with van der Waals surface area (Å²) in [5.74, 6) is 0.258. The maximum atomic E-state index is 12.9. The number of anilines is 1. The Balaban J connectivity index is 1.69. The van der Waals surface area contributed by atoms with Crippen LogP contribution in [0.2, 0.25) is 5.02 Å². The molecule has 0 bridgehead atoms. The van der Waals surface area contributed by atoms with Crippen molar-refractivity contribution < 1.29 is 4.79 Å². The van der Waals surface area contributed by atoms with E-state index in [1.54, 1.807) is 4.68 Å². The summed E-state index contributed by atoms with van der Waals surface area (Å²) < 4.78 is 1.71. The Kier molecular flexibility index (Phi) is 4.06. The summed E-state index contributed by atoms with van der Waals surface area (Å²) in [5, 5.41) is 8.10. The van der Waals surface area contributed by atoms with Crippen molar-refractivity contribution in [2.24, 2.45) is 0 Å². The molecule has 1 N–H and O–H groups in total. The van der Waals surface area contributed by atoms with E-state index in [0.29, 0.717) is 22.3 Å². The number of hydrogen-bond donors (Lipinski definition) is 1. The molecule has 0 radical (unpaired) electrons. The molecule has 1 aliphatic carbocycles. The smallest absolute Gasteiger partial charge is 0.274 e. The second-order valence-corrected chi connectivity index (χ2v) is 6.82. The predicted molar refractivity (Wildman–Crippen MR) is 99.7 cm³/mol. The van der Waals surface area contributed by atoms with E-state index < -0.39 is 0 Å². The van der Waals surface area contributed by atoms with Gasteiger partial charge in [-0.25, -0.2) is 4.68 Å². The first-order valence-corrected chi connectivity index (χ1v) is 8.72. The van der Waals surface area contributed by atoms with E-state index in [1.165, 1.54) is 0 Å². The molecule has 1 saturated carbocycles. The van der Waals surface area contributed by atoms with Crippen LogP contribution in [0.3, 0.4) is 0 Å². The summed E-state index contributed by atoms with van der Waals surface area (Å²) in [7, 11) is 0. The highest BCUT2D eigenvalue weighted by atomic mass is 35.5. The van der Waals surface area contributed by atoms with Crippen LogP contribution in [-0.4, -0.2) is 15.7 Å². The summed E-state index contributed by atoms with van der Waals surface area (Å²) in [4.78, 5) is 12.9. The quantitative estimate of drug-likeness (QED) is 0.721. The van der Waals surface area contributed by atoms with E-state index in [4.69, 9.17) is 11.6 Å². The largest absolute Gasteiger partial charge is 0.319 e. The number of aryl methyl sites for hydroxylation is 1. The van der Waals surface area contributed by atoms with Crippen LogP contribution in [-0.2, 0) is 0 Å². The van der Waals surface area contributed by atoms with Gasteiger partial charge in [-0.15, -0.1) is 0 Å². The van der Waals surface area contributed by atoms with Gasteiger partial charge in [-0.3, -0.25) is 4.79 Å². The van der Waals surface area contributed by atoms with Crippen LogP contribution in [0.5, 0.6) is 0 Å². The zero-order chi connectivity index (χ0) is 17.4. The minimum absolute atomic E-state index is 0.214. The van der Waals surface area contributed by atoms with Crippen molar-refractivity contribution in [2.75, 3.05) is 5.32 Å².